The van der Waals surface area contributed by atoms with Gasteiger partial charge in [0, 0.05) is 30.3 Å². The van der Waals surface area contributed by atoms with Gasteiger partial charge in [0.25, 0.3) is 5.91 Å². The van der Waals surface area contributed by atoms with E-state index in [0.717, 1.165) is 50.0 Å². The smallest absolute Gasteiger partial charge is 0.274 e. The average molecular weight is 281 g/mol. The molecule has 0 bridgehead atoms. The zero-order valence-corrected chi connectivity index (χ0v) is 12.0. The molecule has 0 spiro atoms. The Hall–Kier alpha value is -2.10. The van der Waals surface area contributed by atoms with Gasteiger partial charge < -0.3 is 4.90 Å². The van der Waals surface area contributed by atoms with Crippen LogP contribution >= 0.6 is 0 Å². The molecule has 0 saturated carbocycles. The lowest BCUT2D eigenvalue weighted by Gasteiger charge is -2.16. The van der Waals surface area contributed by atoms with E-state index in [2.05, 4.69) is 34.5 Å². The Morgan fingerprint density at radius 3 is 2.95 bits per heavy atom. The van der Waals surface area contributed by atoms with Crippen LogP contribution in [0.3, 0.4) is 0 Å². The van der Waals surface area contributed by atoms with Crippen LogP contribution in [0.25, 0.3) is 0 Å². The molecule has 1 N–H and O–H groups in total. The molecule has 1 aliphatic carbocycles. The molecular formula is C17H19N3O. The highest BCUT2D eigenvalue weighted by molar-refractivity contribution is 5.94. The van der Waals surface area contributed by atoms with Gasteiger partial charge in [0.2, 0.25) is 0 Å². The van der Waals surface area contributed by atoms with Crippen molar-refractivity contribution in [2.45, 2.75) is 31.6 Å². The van der Waals surface area contributed by atoms with Crippen LogP contribution in [-0.2, 0) is 12.8 Å². The zero-order chi connectivity index (χ0) is 14.2. The van der Waals surface area contributed by atoms with Gasteiger partial charge in [0.1, 0.15) is 0 Å². The highest BCUT2D eigenvalue weighted by Crippen LogP contribution is 2.29. The fourth-order valence-electron chi connectivity index (χ4n) is 3.59. The predicted octanol–water partition coefficient (Wildman–Crippen LogP) is 2.53. The number of H-pyrrole nitrogens is 1. The molecule has 2 heterocycles. The van der Waals surface area contributed by atoms with Gasteiger partial charge >= 0.3 is 0 Å². The molecule has 1 amide bonds. The van der Waals surface area contributed by atoms with Gasteiger partial charge in [0.15, 0.2) is 5.69 Å². The first-order valence-electron chi connectivity index (χ1n) is 7.73. The number of fused-ring (bicyclic) bond motifs is 1. The van der Waals surface area contributed by atoms with E-state index in [-0.39, 0.29) is 5.91 Å². The molecule has 0 radical (unpaired) electrons. The maximum atomic E-state index is 12.7. The number of carbonyl (C=O) groups is 1. The number of nitrogens with zero attached hydrogens (tertiary/aromatic N) is 2. The molecule has 108 valence electrons. The molecule has 2 aromatic rings. The molecule has 4 rings (SSSR count). The third kappa shape index (κ3) is 2.15. The zero-order valence-electron chi connectivity index (χ0n) is 12.0. The summed E-state index contributed by atoms with van der Waals surface area (Å²) in [6.45, 7) is 1.64. The van der Waals surface area contributed by atoms with Crippen LogP contribution in [0, 0.1) is 0 Å². The normalized spacial score (nSPS) is 20.8. The van der Waals surface area contributed by atoms with Crippen LogP contribution in [0.2, 0.25) is 0 Å². The topological polar surface area (TPSA) is 49.0 Å². The van der Waals surface area contributed by atoms with E-state index in [4.69, 9.17) is 0 Å². The van der Waals surface area contributed by atoms with Crippen LogP contribution in [0.15, 0.2) is 30.3 Å². The van der Waals surface area contributed by atoms with Gasteiger partial charge in [-0.3, -0.25) is 9.89 Å². The first kappa shape index (κ1) is 12.6. The lowest BCUT2D eigenvalue weighted by Crippen LogP contribution is -2.29. The molecule has 1 aliphatic heterocycles. The maximum absolute atomic E-state index is 12.7. The monoisotopic (exact) mass is 281 g/mol. The van der Waals surface area contributed by atoms with Gasteiger partial charge in [-0.25, -0.2) is 0 Å². The first-order valence-corrected chi connectivity index (χ1v) is 7.73. The highest BCUT2D eigenvalue weighted by Gasteiger charge is 2.31. The number of benzene rings is 1. The Balaban J connectivity index is 1.51. The molecule has 0 unspecified atom stereocenters. The second-order valence-corrected chi connectivity index (χ2v) is 6.03. The summed E-state index contributed by atoms with van der Waals surface area (Å²) in [6.07, 6.45) is 4.20. The quantitative estimate of drug-likeness (QED) is 0.919. The largest absolute Gasteiger partial charge is 0.337 e. The summed E-state index contributed by atoms with van der Waals surface area (Å²) in [5.41, 5.74) is 4.32. The molecule has 2 aliphatic rings. The van der Waals surface area contributed by atoms with Crippen molar-refractivity contribution < 1.29 is 4.79 Å². The summed E-state index contributed by atoms with van der Waals surface area (Å²) < 4.78 is 0. The minimum Gasteiger partial charge on any atom is -0.337 e. The fourth-order valence-corrected chi connectivity index (χ4v) is 3.59. The number of likely N-dealkylation sites (tertiary alicyclic amines) is 1. The Morgan fingerprint density at radius 2 is 2.10 bits per heavy atom. The number of aromatic nitrogens is 2. The lowest BCUT2D eigenvalue weighted by atomic mass is 9.99. The molecule has 1 aromatic heterocycles. The van der Waals surface area contributed by atoms with Crippen molar-refractivity contribution >= 4 is 5.91 Å². The van der Waals surface area contributed by atoms with Crippen molar-refractivity contribution in [1.29, 1.82) is 0 Å². The molecule has 1 atom stereocenters. The molecule has 4 nitrogen and oxygen atoms in total. The third-order valence-corrected chi connectivity index (χ3v) is 4.76. The van der Waals surface area contributed by atoms with Crippen LogP contribution < -0.4 is 0 Å². The number of aryl methyl sites for hydroxylation is 1. The van der Waals surface area contributed by atoms with Gasteiger partial charge in [-0.2, -0.15) is 5.10 Å². The van der Waals surface area contributed by atoms with Crippen molar-refractivity contribution in [3.63, 3.8) is 0 Å². The third-order valence-electron chi connectivity index (χ3n) is 4.76. The van der Waals surface area contributed by atoms with E-state index in [1.165, 1.54) is 5.56 Å². The average Bonchev–Trinajstić information content (AvgIpc) is 3.23. The lowest BCUT2D eigenvalue weighted by molar-refractivity contribution is 0.0784. The van der Waals surface area contributed by atoms with E-state index in [0.29, 0.717) is 11.6 Å². The SMILES string of the molecule is O=C(c1n[nH]c2c1CCC2)N1CC[C@@H](c2ccccc2)C1. The maximum Gasteiger partial charge on any atom is 0.274 e. The minimum atomic E-state index is 0.104. The molecule has 1 fully saturated rings. The molecule has 1 saturated heterocycles. The Morgan fingerprint density at radius 1 is 1.24 bits per heavy atom. The Kier molecular flexibility index (Phi) is 3.02. The Bertz CT molecular complexity index is 662. The summed E-state index contributed by atoms with van der Waals surface area (Å²) in [7, 11) is 0. The molecule has 4 heteroatoms. The summed E-state index contributed by atoms with van der Waals surface area (Å²) in [6, 6.07) is 10.5. The van der Waals surface area contributed by atoms with Crippen LogP contribution in [0.1, 0.15) is 46.1 Å². The second-order valence-electron chi connectivity index (χ2n) is 6.03. The number of hydrogen-bond donors (Lipinski definition) is 1. The molecule has 21 heavy (non-hydrogen) atoms. The van der Waals surface area contributed by atoms with Crippen LogP contribution in [-0.4, -0.2) is 34.1 Å². The molecule has 1 aromatic carbocycles. The number of hydrogen-bond acceptors (Lipinski definition) is 2. The summed E-state index contributed by atoms with van der Waals surface area (Å²) >= 11 is 0. The van der Waals surface area contributed by atoms with Crippen molar-refractivity contribution in [3.8, 4) is 0 Å². The van der Waals surface area contributed by atoms with E-state index in [1.54, 1.807) is 0 Å². The van der Waals surface area contributed by atoms with Crippen molar-refractivity contribution in [3.05, 3.63) is 52.8 Å². The van der Waals surface area contributed by atoms with Gasteiger partial charge in [0.05, 0.1) is 0 Å². The standard InChI is InChI=1S/C17H19N3O/c21-17(16-14-7-4-8-15(14)18-19-16)20-10-9-13(11-20)12-5-2-1-3-6-12/h1-3,5-6,13H,4,7-11H2,(H,18,19)/t13-/m1/s1. The Labute approximate surface area is 124 Å². The minimum absolute atomic E-state index is 0.104. The second kappa shape index (κ2) is 5.02. The highest BCUT2D eigenvalue weighted by atomic mass is 16.2. The fraction of sp³-hybridized carbons (Fsp3) is 0.412. The summed E-state index contributed by atoms with van der Waals surface area (Å²) in [4.78, 5) is 14.7. The van der Waals surface area contributed by atoms with Gasteiger partial charge in [-0.05, 0) is 31.2 Å². The van der Waals surface area contributed by atoms with Gasteiger partial charge in [-0.15, -0.1) is 0 Å². The predicted molar refractivity (Wildman–Crippen MR) is 80.3 cm³/mol. The van der Waals surface area contributed by atoms with Crippen molar-refractivity contribution in [1.82, 2.24) is 15.1 Å². The number of carbonyl (C=O) groups excluding carboxylic acids is 1. The van der Waals surface area contributed by atoms with E-state index in [9.17, 15) is 4.79 Å². The van der Waals surface area contributed by atoms with E-state index >= 15 is 0 Å². The summed E-state index contributed by atoms with van der Waals surface area (Å²) in [5.74, 6) is 0.565. The number of amides is 1. The van der Waals surface area contributed by atoms with Crippen molar-refractivity contribution in [2.24, 2.45) is 0 Å². The van der Waals surface area contributed by atoms with Crippen LogP contribution in [0.4, 0.5) is 0 Å². The first-order chi connectivity index (χ1) is 10.3. The molecular weight excluding hydrogens is 262 g/mol. The van der Waals surface area contributed by atoms with E-state index in [1.807, 2.05) is 11.0 Å². The number of nitrogens with one attached hydrogen (secondary N) is 1. The van der Waals surface area contributed by atoms with Crippen molar-refractivity contribution in [2.75, 3.05) is 13.1 Å². The van der Waals surface area contributed by atoms with E-state index < -0.39 is 0 Å². The number of aromatic amines is 1. The summed E-state index contributed by atoms with van der Waals surface area (Å²) in [5, 5.41) is 7.30. The number of rotatable bonds is 2. The van der Waals surface area contributed by atoms with Crippen LogP contribution in [0.5, 0.6) is 0 Å². The van der Waals surface area contributed by atoms with Gasteiger partial charge in [-0.1, -0.05) is 30.3 Å².